The predicted octanol–water partition coefficient (Wildman–Crippen LogP) is 3.71. The van der Waals surface area contributed by atoms with Crippen LogP contribution in [0.15, 0.2) is 89.4 Å². The average Bonchev–Trinajstić information content (AvgIpc) is 3.10. The van der Waals surface area contributed by atoms with Crippen LogP contribution in [0.1, 0.15) is 44.4 Å². The first-order chi connectivity index (χ1) is 24.0. The molecule has 0 radical (unpaired) electrons. The van der Waals surface area contributed by atoms with Crippen LogP contribution in [-0.4, -0.2) is 40.4 Å². The largest absolute Gasteiger partial charge is 0.497 e. The Morgan fingerprint density at radius 3 is 1.98 bits per heavy atom. The predicted molar refractivity (Wildman–Crippen MR) is 185 cm³/mol. The van der Waals surface area contributed by atoms with Crippen LogP contribution in [0, 0.1) is 10.2 Å². The van der Waals surface area contributed by atoms with Crippen molar-refractivity contribution in [3.63, 3.8) is 0 Å². The highest BCUT2D eigenvalue weighted by Crippen LogP contribution is 2.46. The van der Waals surface area contributed by atoms with Crippen molar-refractivity contribution < 1.29 is 47.5 Å². The molecule has 0 aromatic heterocycles. The molecule has 262 valence electrons. The highest BCUT2D eigenvalue weighted by Gasteiger charge is 2.23. The van der Waals surface area contributed by atoms with Gasteiger partial charge in [-0.25, -0.2) is 23.2 Å². The van der Waals surface area contributed by atoms with E-state index in [-0.39, 0.29) is 0 Å². The van der Waals surface area contributed by atoms with Crippen molar-refractivity contribution in [1.29, 1.82) is 0 Å². The first kappa shape index (κ1) is 36.4. The molecule has 6 rings (SSSR count). The molecule has 3 aromatic carbocycles. The number of fused-ring (bicyclic) bond motifs is 4. The Hall–Kier alpha value is -4.84. The van der Waals surface area contributed by atoms with E-state index in [2.05, 4.69) is 104 Å². The summed E-state index contributed by atoms with van der Waals surface area (Å²) in [6, 6.07) is 25.0. The fraction of sp³-hybridized carbons (Fsp3) is 0.256. The minimum Gasteiger partial charge on any atom is -0.497 e. The van der Waals surface area contributed by atoms with Gasteiger partial charge in [0.2, 0.25) is 5.36 Å². The number of anilines is 1. The van der Waals surface area contributed by atoms with Crippen LogP contribution >= 0.6 is 0 Å². The molecule has 0 unspecified atom stereocenters. The summed E-state index contributed by atoms with van der Waals surface area (Å²) in [5.74, 6) is 3.98. The molecular weight excluding hydrogens is 660 g/mol. The maximum atomic E-state index is 8.49. The standard InChI is InChI=1S/C39H41N2O4.ClHO4/c1-7-40(8-2)26-14-18-32-30(34-20-16-28(42-5)24-38(34)44-36(32)22-26)12-11-13-31-33-19-15-27(41(9-3)10-4)23-37(33)45-39-25-29(43-6)17-21-35(31)39;2-1(3,4)5/h11-25H,7-10H2,1-6H3;(H,2,3,4,5)/q+1;/p-1. The molecule has 0 N–H and O–H groups in total. The number of hydrogen-bond donors (Lipinski definition) is 0. The number of nitrogens with zero attached hydrogens (tertiary/aromatic N) is 2. The van der Waals surface area contributed by atoms with Crippen LogP contribution < -0.4 is 47.7 Å². The lowest BCUT2D eigenvalue weighted by Gasteiger charge is -2.27. The van der Waals surface area contributed by atoms with Gasteiger partial charge in [-0.2, -0.15) is 0 Å². The molecule has 50 heavy (non-hydrogen) atoms. The third-order valence-electron chi connectivity index (χ3n) is 8.69. The SMILES string of the molecule is CCN(CC)c1ccc2c(c1)Oc1cc(OC)ccc1/C2=C\C=C\c1c2ccc(=[N+](CC)CC)cc-2oc2cc(OC)ccc12.[O-][Cl+3]([O-])([O-])[O-]. The molecule has 2 heterocycles. The van der Waals surface area contributed by atoms with Gasteiger partial charge in [-0.3, -0.25) is 0 Å². The molecule has 3 aromatic rings. The van der Waals surface area contributed by atoms with Crippen molar-refractivity contribution in [3.8, 4) is 34.3 Å². The molecule has 11 heteroatoms. The third-order valence-corrected chi connectivity index (χ3v) is 8.69. The van der Waals surface area contributed by atoms with Crippen LogP contribution in [-0.2, 0) is 0 Å². The number of rotatable bonds is 9. The molecule has 0 saturated carbocycles. The van der Waals surface area contributed by atoms with Crippen LogP contribution in [0.4, 0.5) is 5.69 Å². The van der Waals surface area contributed by atoms with E-state index >= 15 is 0 Å². The summed E-state index contributed by atoms with van der Waals surface area (Å²) < 4.78 is 60.3. The molecule has 10 nitrogen and oxygen atoms in total. The first-order valence-electron chi connectivity index (χ1n) is 16.4. The van der Waals surface area contributed by atoms with Crippen LogP contribution in [0.2, 0.25) is 0 Å². The summed E-state index contributed by atoms with van der Waals surface area (Å²) in [7, 11) is -1.59. The summed E-state index contributed by atoms with van der Waals surface area (Å²) in [6.07, 6.45) is 6.49. The molecule has 0 spiro atoms. The van der Waals surface area contributed by atoms with E-state index in [0.29, 0.717) is 0 Å². The average molecular weight is 701 g/mol. The minimum absolute atomic E-state index is 0.762. The second-order valence-corrected chi connectivity index (χ2v) is 12.1. The quantitative estimate of drug-likeness (QED) is 0.163. The Labute approximate surface area is 294 Å². The van der Waals surface area contributed by atoms with E-state index in [4.69, 9.17) is 37.3 Å². The Morgan fingerprint density at radius 2 is 1.34 bits per heavy atom. The Balaban J connectivity index is 0.000000908. The van der Waals surface area contributed by atoms with Gasteiger partial charge in [-0.05, 0) is 81.3 Å². The molecule has 0 amide bonds. The monoisotopic (exact) mass is 700 g/mol. The van der Waals surface area contributed by atoms with Gasteiger partial charge >= 0.3 is 0 Å². The molecule has 2 aliphatic heterocycles. The molecule has 0 bridgehead atoms. The number of benzene rings is 4. The summed E-state index contributed by atoms with van der Waals surface area (Å²) >= 11 is 0. The highest BCUT2D eigenvalue weighted by molar-refractivity contribution is 5.96. The van der Waals surface area contributed by atoms with E-state index in [9.17, 15) is 0 Å². The number of ether oxygens (including phenoxy) is 3. The number of allylic oxidation sites excluding steroid dienone is 2. The Bertz CT molecular complexity index is 2060. The number of hydrogen-bond acceptors (Lipinski definition) is 9. The van der Waals surface area contributed by atoms with Crippen LogP contribution in [0.25, 0.3) is 33.9 Å². The van der Waals surface area contributed by atoms with Gasteiger partial charge in [-0.1, -0.05) is 18.2 Å². The summed E-state index contributed by atoms with van der Waals surface area (Å²) in [5, 5.41) is 2.17. The number of methoxy groups -OCH3 is 2. The van der Waals surface area contributed by atoms with Gasteiger partial charge in [0.1, 0.15) is 47.4 Å². The third kappa shape index (κ3) is 8.13. The molecule has 0 fully saturated rings. The van der Waals surface area contributed by atoms with Gasteiger partial charge in [0.05, 0.1) is 20.3 Å². The molecule has 0 atom stereocenters. The molecular formula is C39H41ClN2O8. The Kier molecular flexibility index (Phi) is 11.5. The lowest BCUT2D eigenvalue weighted by molar-refractivity contribution is -2.00. The second kappa shape index (κ2) is 15.8. The van der Waals surface area contributed by atoms with Crippen molar-refractivity contribution in [3.05, 3.63) is 107 Å². The van der Waals surface area contributed by atoms with Crippen molar-refractivity contribution >= 4 is 28.3 Å². The van der Waals surface area contributed by atoms with Crippen molar-refractivity contribution in [2.45, 2.75) is 27.7 Å². The molecule has 1 aliphatic carbocycles. The summed E-state index contributed by atoms with van der Waals surface area (Å²) in [4.78, 5) is 2.32. The summed E-state index contributed by atoms with van der Waals surface area (Å²) in [5.41, 5.74) is 7.25. The van der Waals surface area contributed by atoms with E-state index in [1.165, 1.54) is 0 Å². The van der Waals surface area contributed by atoms with Crippen molar-refractivity contribution in [1.82, 2.24) is 4.58 Å². The number of halogens is 1. The maximum absolute atomic E-state index is 8.49. The first-order valence-corrected chi connectivity index (χ1v) is 17.6. The van der Waals surface area contributed by atoms with E-state index < -0.39 is 10.2 Å². The summed E-state index contributed by atoms with van der Waals surface area (Å²) in [6.45, 7) is 12.4. The zero-order chi connectivity index (χ0) is 36.0. The van der Waals surface area contributed by atoms with Crippen LogP contribution in [0.3, 0.4) is 0 Å². The van der Waals surface area contributed by atoms with Gasteiger partial charge in [0.15, 0.2) is 0 Å². The van der Waals surface area contributed by atoms with E-state index in [1.807, 2.05) is 24.3 Å². The van der Waals surface area contributed by atoms with E-state index in [1.54, 1.807) is 14.2 Å². The van der Waals surface area contributed by atoms with Gasteiger partial charge in [0.25, 0.3) is 0 Å². The molecule has 0 saturated heterocycles. The van der Waals surface area contributed by atoms with Crippen molar-refractivity contribution in [2.24, 2.45) is 0 Å². The highest BCUT2D eigenvalue weighted by atomic mass is 35.7. The van der Waals surface area contributed by atoms with Crippen molar-refractivity contribution in [2.75, 3.05) is 45.3 Å². The van der Waals surface area contributed by atoms with Crippen LogP contribution in [0.5, 0.6) is 23.0 Å². The normalized spacial score (nSPS) is 13.0. The fourth-order valence-corrected chi connectivity index (χ4v) is 6.21. The second-order valence-electron chi connectivity index (χ2n) is 11.4. The van der Waals surface area contributed by atoms with Gasteiger partial charge in [-0.15, -0.1) is 10.2 Å². The minimum atomic E-state index is -4.94. The lowest BCUT2D eigenvalue weighted by atomic mass is 9.92. The smallest absolute Gasteiger partial charge is 0.203 e. The van der Waals surface area contributed by atoms with E-state index in [0.717, 1.165) is 105 Å². The maximum Gasteiger partial charge on any atom is 0.203 e. The van der Waals surface area contributed by atoms with Gasteiger partial charge < -0.3 is 23.5 Å². The lowest BCUT2D eigenvalue weighted by Crippen LogP contribution is -2.68. The van der Waals surface area contributed by atoms with Gasteiger partial charge in [0, 0.05) is 65.1 Å². The zero-order valence-electron chi connectivity index (χ0n) is 29.0. The zero-order valence-corrected chi connectivity index (χ0v) is 29.8. The molecule has 3 aliphatic rings. The topological polar surface area (TPSA) is 139 Å². The Morgan fingerprint density at radius 1 is 0.740 bits per heavy atom. The fourth-order valence-electron chi connectivity index (χ4n) is 6.21.